The van der Waals surface area contributed by atoms with Gasteiger partial charge in [-0.05, 0) is 12.1 Å². The average molecular weight is 277 g/mol. The molecule has 6 heteroatoms. The van der Waals surface area contributed by atoms with Gasteiger partial charge in [0.25, 0.3) is 0 Å². The van der Waals surface area contributed by atoms with Crippen LogP contribution < -0.4 is 11.0 Å². The summed E-state index contributed by atoms with van der Waals surface area (Å²) in [5.41, 5.74) is -0.544. The first-order chi connectivity index (χ1) is 7.50. The molecule has 1 N–H and O–H groups in total. The van der Waals surface area contributed by atoms with Crippen molar-refractivity contribution in [2.75, 3.05) is 0 Å². The third kappa shape index (κ3) is 1.82. The third-order valence-corrected chi connectivity index (χ3v) is 3.31. The molecule has 0 saturated carbocycles. The lowest BCUT2D eigenvalue weighted by molar-refractivity contribution is 1.33. The summed E-state index contributed by atoms with van der Waals surface area (Å²) < 4.78 is 0. The molecule has 3 nitrogen and oxygen atoms in total. The predicted molar refractivity (Wildman–Crippen MR) is 65.9 cm³/mol. The molecule has 2 aromatic rings. The Morgan fingerprint density at radius 2 is 1.69 bits per heavy atom. The molecule has 0 aliphatic heterocycles. The second kappa shape index (κ2) is 4.09. The summed E-state index contributed by atoms with van der Waals surface area (Å²) in [5, 5.41) is 0.472. The van der Waals surface area contributed by atoms with Crippen LogP contribution in [0.1, 0.15) is 0 Å². The van der Waals surface area contributed by atoms with Crippen molar-refractivity contribution in [3.05, 3.63) is 53.8 Å². The van der Waals surface area contributed by atoms with E-state index < -0.39 is 11.0 Å². The van der Waals surface area contributed by atoms with E-state index in [2.05, 4.69) is 4.98 Å². The number of rotatable bonds is 0. The first kappa shape index (κ1) is 11.5. The highest BCUT2D eigenvalue weighted by Crippen LogP contribution is 2.33. The van der Waals surface area contributed by atoms with Crippen molar-refractivity contribution in [1.29, 1.82) is 0 Å². The van der Waals surface area contributed by atoms with Crippen LogP contribution in [0, 0.1) is 0 Å². The van der Waals surface area contributed by atoms with E-state index in [9.17, 15) is 9.59 Å². The fourth-order valence-electron chi connectivity index (χ4n) is 1.34. The van der Waals surface area contributed by atoms with Gasteiger partial charge < -0.3 is 4.98 Å². The maximum Gasteiger partial charge on any atom is 0.248 e. The summed E-state index contributed by atoms with van der Waals surface area (Å²) in [6.45, 7) is 0. The van der Waals surface area contributed by atoms with Gasteiger partial charge in [0.05, 0.1) is 26.0 Å². The van der Waals surface area contributed by atoms with E-state index in [4.69, 9.17) is 34.8 Å². The summed E-state index contributed by atoms with van der Waals surface area (Å²) in [7, 11) is 0. The van der Waals surface area contributed by atoms with Crippen LogP contribution in [0.15, 0.2) is 27.8 Å². The zero-order valence-electron chi connectivity index (χ0n) is 7.68. The Bertz CT molecular complexity index is 694. The zero-order valence-corrected chi connectivity index (χ0v) is 9.95. The summed E-state index contributed by atoms with van der Waals surface area (Å²) >= 11 is 17.5. The highest BCUT2D eigenvalue weighted by Gasteiger charge is 2.11. The molecule has 0 bridgehead atoms. The molecule has 0 unspecified atom stereocenters. The van der Waals surface area contributed by atoms with Gasteiger partial charge in [0.1, 0.15) is 0 Å². The lowest BCUT2D eigenvalue weighted by Crippen LogP contribution is -1.98. The lowest BCUT2D eigenvalue weighted by atomic mass is 10.2. The molecule has 0 atom stereocenters. The van der Waals surface area contributed by atoms with Crippen LogP contribution >= 0.6 is 34.8 Å². The maximum absolute atomic E-state index is 11.7. The Morgan fingerprint density at radius 3 is 2.38 bits per heavy atom. The molecule has 0 radical (unpaired) electrons. The van der Waals surface area contributed by atoms with Crippen molar-refractivity contribution in [2.24, 2.45) is 0 Å². The summed E-state index contributed by atoms with van der Waals surface area (Å²) in [4.78, 5) is 25.4. The first-order valence-corrected chi connectivity index (χ1v) is 5.35. The number of fused-ring (bicyclic) bond motifs is 1. The zero-order chi connectivity index (χ0) is 11.9. The summed E-state index contributed by atoms with van der Waals surface area (Å²) in [5.74, 6) is 0. The van der Waals surface area contributed by atoms with Gasteiger partial charge in [-0.15, -0.1) is 0 Å². The van der Waals surface area contributed by atoms with Crippen molar-refractivity contribution in [3.63, 3.8) is 0 Å². The Balaban J connectivity index is 3.18. The van der Waals surface area contributed by atoms with E-state index in [1.165, 1.54) is 6.07 Å². The van der Waals surface area contributed by atoms with Crippen molar-refractivity contribution in [3.8, 4) is 0 Å². The van der Waals surface area contributed by atoms with E-state index in [1.807, 2.05) is 0 Å². The minimum absolute atomic E-state index is 0.0426. The molecular weight excluding hydrogens is 272 g/mol. The van der Waals surface area contributed by atoms with Gasteiger partial charge in [-0.1, -0.05) is 34.8 Å². The van der Waals surface area contributed by atoms with Gasteiger partial charge in [0.15, 0.2) is 5.43 Å². The van der Waals surface area contributed by atoms with Gasteiger partial charge >= 0.3 is 0 Å². The molecule has 2 rings (SSSR count). The van der Waals surface area contributed by atoms with Crippen molar-refractivity contribution in [2.45, 2.75) is 0 Å². The number of aromatic amines is 1. The minimum Gasteiger partial charge on any atom is -0.322 e. The number of halogens is 3. The number of nitrogens with one attached hydrogen (secondary N) is 1. The number of hydrogen-bond donors (Lipinski definition) is 1. The third-order valence-electron chi connectivity index (χ3n) is 2.05. The van der Waals surface area contributed by atoms with E-state index in [0.29, 0.717) is 0 Å². The highest BCUT2D eigenvalue weighted by molar-refractivity contribution is 6.50. The number of hydrogen-bond acceptors (Lipinski definition) is 2. The quantitative estimate of drug-likeness (QED) is 0.752. The molecule has 0 saturated heterocycles. The van der Waals surface area contributed by atoms with Crippen LogP contribution in [-0.4, -0.2) is 4.98 Å². The van der Waals surface area contributed by atoms with Crippen molar-refractivity contribution < 1.29 is 0 Å². The molecule has 0 aliphatic carbocycles. The summed E-state index contributed by atoms with van der Waals surface area (Å²) in [6, 6.07) is 3.66. The largest absolute Gasteiger partial charge is 0.322 e. The Labute approximate surface area is 105 Å². The van der Waals surface area contributed by atoms with Crippen LogP contribution in [0.3, 0.4) is 0 Å². The number of aromatic nitrogens is 1. The first-order valence-electron chi connectivity index (χ1n) is 4.21. The molecule has 0 aliphatic rings. The van der Waals surface area contributed by atoms with E-state index in [1.54, 1.807) is 0 Å². The van der Waals surface area contributed by atoms with Gasteiger partial charge in [-0.3, -0.25) is 9.59 Å². The highest BCUT2D eigenvalue weighted by atomic mass is 35.5. The Kier molecular flexibility index (Phi) is 2.93. The number of benzene rings is 1. The van der Waals surface area contributed by atoms with Gasteiger partial charge in [0, 0.05) is 6.07 Å². The van der Waals surface area contributed by atoms with Crippen molar-refractivity contribution >= 4 is 45.7 Å². The second-order valence-electron chi connectivity index (χ2n) is 3.10. The summed E-state index contributed by atoms with van der Waals surface area (Å²) in [6.07, 6.45) is 0. The monoisotopic (exact) mass is 275 g/mol. The normalized spacial score (nSPS) is 10.7. The topological polar surface area (TPSA) is 49.9 Å². The van der Waals surface area contributed by atoms with Crippen LogP contribution in [0.4, 0.5) is 0 Å². The van der Waals surface area contributed by atoms with Gasteiger partial charge in [-0.25, -0.2) is 0 Å². The number of H-pyrrole nitrogens is 1. The molecule has 0 amide bonds. The molecule has 82 valence electrons. The van der Waals surface area contributed by atoms with E-state index in [0.717, 1.165) is 12.1 Å². The fraction of sp³-hybridized carbons (Fsp3) is 0. The molecule has 1 aromatic carbocycles. The Morgan fingerprint density at radius 1 is 1.00 bits per heavy atom. The fourth-order valence-corrected chi connectivity index (χ4v) is 2.04. The van der Waals surface area contributed by atoms with Crippen LogP contribution in [0.2, 0.25) is 15.1 Å². The van der Waals surface area contributed by atoms with Crippen LogP contribution in [-0.2, 0) is 0 Å². The Hall–Kier alpha value is -1.03. The predicted octanol–water partition coefficient (Wildman–Crippen LogP) is 2.85. The average Bonchev–Trinajstić information content (AvgIpc) is 2.35. The van der Waals surface area contributed by atoms with E-state index >= 15 is 0 Å². The minimum atomic E-state index is -0.415. The van der Waals surface area contributed by atoms with Gasteiger partial charge in [-0.2, -0.15) is 0 Å². The maximum atomic E-state index is 11.7. The molecule has 0 fully saturated rings. The standard InChI is InChI=1S/C10H4Cl3NO2/c11-4-3-5-8(10(13)9(4)12)6(15)1-2-7(16)14-5/h1-3H,(H,14,16). The van der Waals surface area contributed by atoms with E-state index in [-0.39, 0.29) is 26.0 Å². The molecule has 16 heavy (non-hydrogen) atoms. The molecular formula is C10H4Cl3NO2. The SMILES string of the molecule is O=c1ccc(=O)c2c(Cl)c(Cl)c(Cl)cc2[nH]1. The molecule has 0 spiro atoms. The van der Waals surface area contributed by atoms with Crippen LogP contribution in [0.25, 0.3) is 10.9 Å². The smallest absolute Gasteiger partial charge is 0.248 e. The lowest BCUT2D eigenvalue weighted by Gasteiger charge is -2.01. The molecule has 1 heterocycles. The second-order valence-corrected chi connectivity index (χ2v) is 4.26. The van der Waals surface area contributed by atoms with Crippen LogP contribution in [0.5, 0.6) is 0 Å². The van der Waals surface area contributed by atoms with Gasteiger partial charge in [0.2, 0.25) is 5.56 Å². The van der Waals surface area contributed by atoms with Crippen molar-refractivity contribution in [1.82, 2.24) is 4.98 Å². The molecule has 1 aromatic heterocycles.